The van der Waals surface area contributed by atoms with Crippen molar-refractivity contribution in [2.45, 2.75) is 44.6 Å². The van der Waals surface area contributed by atoms with Gasteiger partial charge in [0, 0.05) is 11.1 Å². The molecule has 1 atom stereocenters. The lowest BCUT2D eigenvalue weighted by Gasteiger charge is -2.16. The van der Waals surface area contributed by atoms with Gasteiger partial charge in [0.2, 0.25) is 0 Å². The number of hydrogen-bond acceptors (Lipinski definition) is 1. The smallest absolute Gasteiger partial charge is 0.124 e. The van der Waals surface area contributed by atoms with E-state index < -0.39 is 0 Å². The van der Waals surface area contributed by atoms with E-state index in [4.69, 9.17) is 17.3 Å². The van der Waals surface area contributed by atoms with Gasteiger partial charge in [-0.25, -0.2) is 4.39 Å². The third-order valence-corrected chi connectivity index (χ3v) is 4.05. The lowest BCUT2D eigenvalue weighted by Crippen LogP contribution is -2.12. The standard InChI is InChI=1S/C14H19ClFN/c15-13-9-11(16)6-7-12(13)14(17)8-5-10-3-1-2-4-10/h6-7,9-10,14H,1-5,8,17H2. The van der Waals surface area contributed by atoms with Gasteiger partial charge in [0.15, 0.2) is 0 Å². The van der Waals surface area contributed by atoms with Gasteiger partial charge in [-0.05, 0) is 36.5 Å². The second-order valence-electron chi connectivity index (χ2n) is 5.00. The minimum Gasteiger partial charge on any atom is -0.324 e. The first-order valence-electron chi connectivity index (χ1n) is 6.37. The summed E-state index contributed by atoms with van der Waals surface area (Å²) < 4.78 is 12.9. The number of halogens is 2. The summed E-state index contributed by atoms with van der Waals surface area (Å²) in [6, 6.07) is 4.41. The van der Waals surface area contributed by atoms with Crippen molar-refractivity contribution in [1.29, 1.82) is 0 Å². The lowest BCUT2D eigenvalue weighted by molar-refractivity contribution is 0.454. The Kier molecular flexibility index (Phi) is 4.41. The molecular weight excluding hydrogens is 237 g/mol. The van der Waals surface area contributed by atoms with E-state index in [0.717, 1.165) is 24.3 Å². The van der Waals surface area contributed by atoms with Crippen molar-refractivity contribution in [3.63, 3.8) is 0 Å². The van der Waals surface area contributed by atoms with Crippen LogP contribution in [0.15, 0.2) is 18.2 Å². The molecule has 0 saturated heterocycles. The first-order valence-corrected chi connectivity index (χ1v) is 6.75. The van der Waals surface area contributed by atoms with Gasteiger partial charge in [0.05, 0.1) is 0 Å². The molecular formula is C14H19ClFN. The molecule has 17 heavy (non-hydrogen) atoms. The van der Waals surface area contributed by atoms with E-state index in [1.54, 1.807) is 6.07 Å². The Bertz CT molecular complexity index is 374. The van der Waals surface area contributed by atoms with Gasteiger partial charge < -0.3 is 5.73 Å². The number of benzene rings is 1. The minimum absolute atomic E-state index is 0.0660. The molecule has 1 nitrogen and oxygen atoms in total. The lowest BCUT2D eigenvalue weighted by atomic mass is 9.95. The second kappa shape index (κ2) is 5.83. The van der Waals surface area contributed by atoms with Crippen LogP contribution < -0.4 is 5.73 Å². The number of nitrogens with two attached hydrogens (primary N) is 1. The van der Waals surface area contributed by atoms with E-state index in [-0.39, 0.29) is 11.9 Å². The molecule has 0 spiro atoms. The first kappa shape index (κ1) is 12.8. The third kappa shape index (κ3) is 3.43. The summed E-state index contributed by atoms with van der Waals surface area (Å²) in [7, 11) is 0. The zero-order valence-corrected chi connectivity index (χ0v) is 10.7. The highest BCUT2D eigenvalue weighted by atomic mass is 35.5. The Labute approximate surface area is 107 Å². The molecule has 0 aromatic heterocycles. The molecule has 1 fully saturated rings. The van der Waals surface area contributed by atoms with Gasteiger partial charge in [0.1, 0.15) is 5.82 Å². The Morgan fingerprint density at radius 1 is 1.35 bits per heavy atom. The largest absolute Gasteiger partial charge is 0.324 e. The molecule has 3 heteroatoms. The molecule has 1 aliphatic rings. The Balaban J connectivity index is 1.91. The quantitative estimate of drug-likeness (QED) is 0.845. The Morgan fingerprint density at radius 2 is 2.06 bits per heavy atom. The summed E-state index contributed by atoms with van der Waals surface area (Å²) in [5.41, 5.74) is 6.98. The molecule has 0 heterocycles. The van der Waals surface area contributed by atoms with Crippen LogP contribution in [-0.4, -0.2) is 0 Å². The summed E-state index contributed by atoms with van der Waals surface area (Å²) in [6.45, 7) is 0. The van der Waals surface area contributed by atoms with Crippen LogP contribution in [0.25, 0.3) is 0 Å². The van der Waals surface area contributed by atoms with Crippen LogP contribution in [0.3, 0.4) is 0 Å². The van der Waals surface area contributed by atoms with E-state index in [9.17, 15) is 4.39 Å². The van der Waals surface area contributed by atoms with Crippen LogP contribution in [0.4, 0.5) is 4.39 Å². The average Bonchev–Trinajstić information content (AvgIpc) is 2.78. The van der Waals surface area contributed by atoms with E-state index in [2.05, 4.69) is 0 Å². The molecule has 94 valence electrons. The van der Waals surface area contributed by atoms with Gasteiger partial charge in [-0.3, -0.25) is 0 Å². The van der Waals surface area contributed by atoms with E-state index in [0.29, 0.717) is 5.02 Å². The van der Waals surface area contributed by atoms with Gasteiger partial charge in [-0.1, -0.05) is 43.4 Å². The topological polar surface area (TPSA) is 26.0 Å². The summed E-state index contributed by atoms with van der Waals surface area (Å²) in [6.07, 6.45) is 7.49. The second-order valence-corrected chi connectivity index (χ2v) is 5.41. The number of rotatable bonds is 4. The van der Waals surface area contributed by atoms with Gasteiger partial charge in [0.25, 0.3) is 0 Å². The van der Waals surface area contributed by atoms with Crippen molar-refractivity contribution in [3.8, 4) is 0 Å². The SMILES string of the molecule is NC(CCC1CCCC1)c1ccc(F)cc1Cl. The van der Waals surface area contributed by atoms with Crippen LogP contribution >= 0.6 is 11.6 Å². The van der Waals surface area contributed by atoms with Gasteiger partial charge in [-0.15, -0.1) is 0 Å². The molecule has 2 rings (SSSR count). The molecule has 1 saturated carbocycles. The predicted molar refractivity (Wildman–Crippen MR) is 69.5 cm³/mol. The number of hydrogen-bond donors (Lipinski definition) is 1. The van der Waals surface area contributed by atoms with Crippen LogP contribution in [0.1, 0.15) is 50.1 Å². The zero-order valence-electron chi connectivity index (χ0n) is 9.96. The van der Waals surface area contributed by atoms with Crippen molar-refractivity contribution in [3.05, 3.63) is 34.6 Å². The summed E-state index contributed by atoms with van der Waals surface area (Å²) in [5.74, 6) is 0.530. The Morgan fingerprint density at radius 3 is 2.71 bits per heavy atom. The maximum Gasteiger partial charge on any atom is 0.124 e. The normalized spacial score (nSPS) is 18.5. The van der Waals surface area contributed by atoms with E-state index in [1.807, 2.05) is 0 Å². The highest BCUT2D eigenvalue weighted by Gasteiger charge is 2.17. The third-order valence-electron chi connectivity index (χ3n) is 3.72. The fraction of sp³-hybridized carbons (Fsp3) is 0.571. The minimum atomic E-state index is -0.304. The summed E-state index contributed by atoms with van der Waals surface area (Å²) in [4.78, 5) is 0. The Hall–Kier alpha value is -0.600. The molecule has 0 amide bonds. The van der Waals surface area contributed by atoms with Crippen LogP contribution in [-0.2, 0) is 0 Å². The molecule has 1 aromatic rings. The molecule has 1 unspecified atom stereocenters. The van der Waals surface area contributed by atoms with Crippen molar-refractivity contribution in [1.82, 2.24) is 0 Å². The predicted octanol–water partition coefficient (Wildman–Crippen LogP) is 4.45. The van der Waals surface area contributed by atoms with Crippen LogP contribution in [0.5, 0.6) is 0 Å². The van der Waals surface area contributed by atoms with Crippen molar-refractivity contribution < 1.29 is 4.39 Å². The monoisotopic (exact) mass is 255 g/mol. The molecule has 0 aliphatic heterocycles. The van der Waals surface area contributed by atoms with Gasteiger partial charge in [-0.2, -0.15) is 0 Å². The maximum absolute atomic E-state index is 12.9. The van der Waals surface area contributed by atoms with Gasteiger partial charge >= 0.3 is 0 Å². The van der Waals surface area contributed by atoms with Crippen molar-refractivity contribution in [2.75, 3.05) is 0 Å². The van der Waals surface area contributed by atoms with Crippen molar-refractivity contribution in [2.24, 2.45) is 11.7 Å². The zero-order chi connectivity index (χ0) is 12.3. The molecule has 1 aromatic carbocycles. The fourth-order valence-corrected chi connectivity index (χ4v) is 2.98. The summed E-state index contributed by atoms with van der Waals surface area (Å²) in [5, 5.41) is 0.448. The highest BCUT2D eigenvalue weighted by Crippen LogP contribution is 2.32. The van der Waals surface area contributed by atoms with Crippen LogP contribution in [0.2, 0.25) is 5.02 Å². The average molecular weight is 256 g/mol. The maximum atomic E-state index is 12.9. The fourth-order valence-electron chi connectivity index (χ4n) is 2.67. The van der Waals surface area contributed by atoms with Crippen LogP contribution in [0, 0.1) is 11.7 Å². The highest BCUT2D eigenvalue weighted by molar-refractivity contribution is 6.31. The molecule has 0 radical (unpaired) electrons. The van der Waals surface area contributed by atoms with E-state index >= 15 is 0 Å². The molecule has 2 N–H and O–H groups in total. The van der Waals surface area contributed by atoms with Crippen molar-refractivity contribution >= 4 is 11.6 Å². The molecule has 1 aliphatic carbocycles. The van der Waals surface area contributed by atoms with E-state index in [1.165, 1.54) is 37.8 Å². The summed E-state index contributed by atoms with van der Waals surface area (Å²) >= 11 is 6.00. The molecule has 0 bridgehead atoms. The first-order chi connectivity index (χ1) is 8.16.